The Morgan fingerprint density at radius 3 is 2.83 bits per heavy atom. The summed E-state index contributed by atoms with van der Waals surface area (Å²) in [5.41, 5.74) is 2.13. The second kappa shape index (κ2) is 6.21. The quantitative estimate of drug-likeness (QED) is 0.871. The number of aliphatic hydroxyl groups excluding tert-OH is 1. The van der Waals surface area contributed by atoms with Crippen LogP contribution in [0.4, 0.5) is 5.69 Å². The predicted octanol–water partition coefficient (Wildman–Crippen LogP) is 2.75. The zero-order valence-electron chi connectivity index (χ0n) is 11.3. The van der Waals surface area contributed by atoms with E-state index in [4.69, 9.17) is 4.74 Å². The van der Waals surface area contributed by atoms with Crippen LogP contribution in [0.5, 0.6) is 0 Å². The molecule has 1 aromatic carbocycles. The van der Waals surface area contributed by atoms with E-state index in [1.807, 2.05) is 25.1 Å². The molecule has 2 atom stereocenters. The van der Waals surface area contributed by atoms with Gasteiger partial charge in [0.2, 0.25) is 0 Å². The maximum atomic E-state index is 9.85. The van der Waals surface area contributed by atoms with Crippen molar-refractivity contribution < 1.29 is 9.84 Å². The zero-order chi connectivity index (χ0) is 13.0. The minimum Gasteiger partial charge on any atom is -0.389 e. The first kappa shape index (κ1) is 13.4. The zero-order valence-corrected chi connectivity index (χ0v) is 11.3. The van der Waals surface area contributed by atoms with Gasteiger partial charge in [-0.1, -0.05) is 18.2 Å². The Labute approximate surface area is 109 Å². The lowest BCUT2D eigenvalue weighted by Gasteiger charge is -2.28. The second-order valence-corrected chi connectivity index (χ2v) is 4.91. The summed E-state index contributed by atoms with van der Waals surface area (Å²) in [7, 11) is 0. The van der Waals surface area contributed by atoms with Crippen LogP contribution in [0.25, 0.3) is 0 Å². The van der Waals surface area contributed by atoms with E-state index in [2.05, 4.69) is 17.9 Å². The third-order valence-electron chi connectivity index (χ3n) is 3.56. The van der Waals surface area contributed by atoms with Crippen molar-refractivity contribution in [2.45, 2.75) is 38.9 Å². The molecule has 1 heterocycles. The number of para-hydroxylation sites is 1. The molecule has 0 saturated carbocycles. The van der Waals surface area contributed by atoms with Gasteiger partial charge in [-0.05, 0) is 32.8 Å². The summed E-state index contributed by atoms with van der Waals surface area (Å²) in [6.45, 7) is 6.70. The molecule has 2 rings (SSSR count). The van der Waals surface area contributed by atoms with Gasteiger partial charge in [-0.25, -0.2) is 0 Å². The molecule has 2 unspecified atom stereocenters. The molecule has 18 heavy (non-hydrogen) atoms. The average molecular weight is 249 g/mol. The Morgan fingerprint density at radius 1 is 1.44 bits per heavy atom. The molecule has 0 bridgehead atoms. The summed E-state index contributed by atoms with van der Waals surface area (Å²) >= 11 is 0. The monoisotopic (exact) mass is 249 g/mol. The van der Waals surface area contributed by atoms with E-state index < -0.39 is 6.10 Å². The van der Waals surface area contributed by atoms with Crippen LogP contribution in [0.3, 0.4) is 0 Å². The minimum atomic E-state index is -0.431. The SMILES string of the molecule is CCN(CC1CCCO1)c1ccccc1C(C)O. The molecule has 1 aliphatic rings. The third kappa shape index (κ3) is 3.03. The Bertz CT molecular complexity index is 373. The first-order valence-electron chi connectivity index (χ1n) is 6.86. The van der Waals surface area contributed by atoms with Crippen LogP contribution < -0.4 is 4.90 Å². The molecule has 1 N–H and O–H groups in total. The Hall–Kier alpha value is -1.06. The van der Waals surface area contributed by atoms with Gasteiger partial charge in [0.05, 0.1) is 12.2 Å². The van der Waals surface area contributed by atoms with E-state index in [-0.39, 0.29) is 0 Å². The highest BCUT2D eigenvalue weighted by molar-refractivity contribution is 5.54. The number of ether oxygens (including phenoxy) is 1. The molecular weight excluding hydrogens is 226 g/mol. The van der Waals surface area contributed by atoms with Gasteiger partial charge < -0.3 is 14.7 Å². The smallest absolute Gasteiger partial charge is 0.0781 e. The first-order valence-corrected chi connectivity index (χ1v) is 6.86. The maximum absolute atomic E-state index is 9.85. The molecule has 3 nitrogen and oxygen atoms in total. The average Bonchev–Trinajstić information content (AvgIpc) is 2.88. The Balaban J connectivity index is 2.15. The number of hydrogen-bond donors (Lipinski definition) is 1. The summed E-state index contributed by atoms with van der Waals surface area (Å²) in [4.78, 5) is 2.30. The van der Waals surface area contributed by atoms with E-state index >= 15 is 0 Å². The predicted molar refractivity (Wildman–Crippen MR) is 73.9 cm³/mol. The van der Waals surface area contributed by atoms with Crippen molar-refractivity contribution in [2.24, 2.45) is 0 Å². The fourth-order valence-corrected chi connectivity index (χ4v) is 2.56. The minimum absolute atomic E-state index is 0.340. The first-order chi connectivity index (χ1) is 8.72. The topological polar surface area (TPSA) is 32.7 Å². The lowest BCUT2D eigenvalue weighted by molar-refractivity contribution is 0.115. The lowest BCUT2D eigenvalue weighted by atomic mass is 10.1. The molecule has 1 aliphatic heterocycles. The molecule has 0 spiro atoms. The summed E-state index contributed by atoms with van der Waals surface area (Å²) < 4.78 is 5.70. The van der Waals surface area contributed by atoms with Crippen LogP contribution in [-0.4, -0.2) is 30.9 Å². The molecule has 1 saturated heterocycles. The van der Waals surface area contributed by atoms with Crippen LogP contribution in [0.1, 0.15) is 38.4 Å². The fraction of sp³-hybridized carbons (Fsp3) is 0.600. The van der Waals surface area contributed by atoms with Gasteiger partial charge in [0.1, 0.15) is 0 Å². The normalized spacial score (nSPS) is 20.9. The van der Waals surface area contributed by atoms with E-state index in [1.165, 1.54) is 6.42 Å². The highest BCUT2D eigenvalue weighted by Gasteiger charge is 2.20. The van der Waals surface area contributed by atoms with Crippen molar-refractivity contribution >= 4 is 5.69 Å². The van der Waals surface area contributed by atoms with Crippen molar-refractivity contribution in [2.75, 3.05) is 24.6 Å². The Kier molecular flexibility index (Phi) is 4.61. The van der Waals surface area contributed by atoms with Gasteiger partial charge in [0.25, 0.3) is 0 Å². The fourth-order valence-electron chi connectivity index (χ4n) is 2.56. The number of aliphatic hydroxyl groups is 1. The molecule has 1 fully saturated rings. The van der Waals surface area contributed by atoms with E-state index in [0.717, 1.165) is 37.4 Å². The molecule has 0 radical (unpaired) electrons. The third-order valence-corrected chi connectivity index (χ3v) is 3.56. The molecule has 1 aromatic rings. The van der Waals surface area contributed by atoms with Gasteiger partial charge in [0.15, 0.2) is 0 Å². The van der Waals surface area contributed by atoms with Gasteiger partial charge in [-0.2, -0.15) is 0 Å². The molecule has 0 aliphatic carbocycles. The van der Waals surface area contributed by atoms with Crippen molar-refractivity contribution in [3.05, 3.63) is 29.8 Å². The van der Waals surface area contributed by atoms with Gasteiger partial charge in [-0.3, -0.25) is 0 Å². The summed E-state index contributed by atoms with van der Waals surface area (Å²) in [6, 6.07) is 8.09. The highest BCUT2D eigenvalue weighted by atomic mass is 16.5. The number of likely N-dealkylation sites (N-methyl/N-ethyl adjacent to an activating group) is 1. The number of benzene rings is 1. The van der Waals surface area contributed by atoms with Crippen molar-refractivity contribution in [1.82, 2.24) is 0 Å². The van der Waals surface area contributed by atoms with Crippen molar-refractivity contribution in [1.29, 1.82) is 0 Å². The van der Waals surface area contributed by atoms with Crippen molar-refractivity contribution in [3.8, 4) is 0 Å². The van der Waals surface area contributed by atoms with Crippen molar-refractivity contribution in [3.63, 3.8) is 0 Å². The number of rotatable bonds is 5. The van der Waals surface area contributed by atoms with Crippen LogP contribution in [0.15, 0.2) is 24.3 Å². The molecule has 3 heteroatoms. The maximum Gasteiger partial charge on any atom is 0.0781 e. The highest BCUT2D eigenvalue weighted by Crippen LogP contribution is 2.27. The molecule has 0 amide bonds. The lowest BCUT2D eigenvalue weighted by Crippen LogP contribution is -2.32. The summed E-state index contributed by atoms with van der Waals surface area (Å²) in [5, 5.41) is 9.85. The van der Waals surface area contributed by atoms with Crippen LogP contribution in [0.2, 0.25) is 0 Å². The Morgan fingerprint density at radius 2 is 2.22 bits per heavy atom. The van der Waals surface area contributed by atoms with E-state index in [1.54, 1.807) is 0 Å². The van der Waals surface area contributed by atoms with Crippen LogP contribution >= 0.6 is 0 Å². The summed E-state index contributed by atoms with van der Waals surface area (Å²) in [5.74, 6) is 0. The number of anilines is 1. The molecule has 0 aromatic heterocycles. The van der Waals surface area contributed by atoms with Gasteiger partial charge in [0, 0.05) is 30.9 Å². The number of nitrogens with zero attached hydrogens (tertiary/aromatic N) is 1. The van der Waals surface area contributed by atoms with E-state index in [9.17, 15) is 5.11 Å². The van der Waals surface area contributed by atoms with Gasteiger partial charge >= 0.3 is 0 Å². The second-order valence-electron chi connectivity index (χ2n) is 4.91. The largest absolute Gasteiger partial charge is 0.389 e. The van der Waals surface area contributed by atoms with Crippen LogP contribution in [-0.2, 0) is 4.74 Å². The van der Waals surface area contributed by atoms with Gasteiger partial charge in [-0.15, -0.1) is 0 Å². The number of hydrogen-bond acceptors (Lipinski definition) is 3. The standard InChI is InChI=1S/C15H23NO2/c1-3-16(11-13-7-6-10-18-13)15-9-5-4-8-14(15)12(2)17/h4-5,8-9,12-13,17H,3,6-7,10-11H2,1-2H3. The van der Waals surface area contributed by atoms with E-state index in [0.29, 0.717) is 6.10 Å². The molecule has 100 valence electrons. The molecular formula is C15H23NO2. The summed E-state index contributed by atoms with van der Waals surface area (Å²) in [6.07, 6.45) is 2.22. The van der Waals surface area contributed by atoms with Crippen LogP contribution in [0, 0.1) is 0 Å².